The number of hydrogen-bond acceptors (Lipinski definition) is 4. The number of thiophene rings is 1. The minimum atomic E-state index is -0.426. The van der Waals surface area contributed by atoms with E-state index < -0.39 is 7.05 Å². The second kappa shape index (κ2) is 6.14. The number of aryl methyl sites for hydroxylation is 1. The van der Waals surface area contributed by atoms with Crippen LogP contribution in [0.2, 0.25) is 11.8 Å². The summed E-state index contributed by atoms with van der Waals surface area (Å²) in [5, 5.41) is 16.9. The van der Waals surface area contributed by atoms with Crippen molar-refractivity contribution in [2.45, 2.75) is 13.7 Å². The van der Waals surface area contributed by atoms with Gasteiger partial charge in [0.2, 0.25) is 0 Å². The minimum absolute atomic E-state index is 0.426. The summed E-state index contributed by atoms with van der Waals surface area (Å²) < 4.78 is 1.24. The molecule has 3 nitrogen and oxygen atoms in total. The molecule has 6 heteroatoms. The molecular formula is C13H18BClN2OS. The molecule has 0 radical (unpaired) electrons. The van der Waals surface area contributed by atoms with Crippen LogP contribution in [0.4, 0.5) is 5.69 Å². The van der Waals surface area contributed by atoms with E-state index in [0.717, 1.165) is 23.8 Å². The van der Waals surface area contributed by atoms with E-state index in [-0.39, 0.29) is 0 Å². The number of likely N-dealkylation sites (N-methyl/N-ethyl adjacent to an activating group) is 1. The Hall–Kier alpha value is -0.745. The van der Waals surface area contributed by atoms with E-state index in [1.807, 2.05) is 24.0 Å². The highest BCUT2D eigenvalue weighted by molar-refractivity contribution is 7.18. The summed E-state index contributed by atoms with van der Waals surface area (Å²) in [4.78, 5) is 1.88. The molecule has 0 atom stereocenters. The van der Waals surface area contributed by atoms with Crippen LogP contribution >= 0.6 is 22.9 Å². The van der Waals surface area contributed by atoms with Crippen LogP contribution in [-0.4, -0.2) is 37.0 Å². The summed E-state index contributed by atoms with van der Waals surface area (Å²) >= 11 is 7.89. The summed E-state index contributed by atoms with van der Waals surface area (Å²) in [6.45, 7) is 5.41. The fourth-order valence-corrected chi connectivity index (χ4v) is 3.15. The highest BCUT2D eigenvalue weighted by Gasteiger charge is 2.11. The number of benzene rings is 1. The van der Waals surface area contributed by atoms with Gasteiger partial charge in [-0.1, -0.05) is 11.6 Å². The van der Waals surface area contributed by atoms with Crippen molar-refractivity contribution in [1.29, 1.82) is 0 Å². The molecule has 2 rings (SSSR count). The fourth-order valence-electron chi connectivity index (χ4n) is 1.91. The van der Waals surface area contributed by atoms with Crippen LogP contribution in [0, 0.1) is 6.92 Å². The average molecular weight is 297 g/mol. The van der Waals surface area contributed by atoms with Crippen molar-refractivity contribution in [2.75, 3.05) is 25.5 Å². The highest BCUT2D eigenvalue weighted by atomic mass is 35.5. The van der Waals surface area contributed by atoms with E-state index in [4.69, 9.17) is 11.6 Å². The van der Waals surface area contributed by atoms with Gasteiger partial charge in [-0.25, -0.2) is 0 Å². The maximum atomic E-state index is 9.42. The summed E-state index contributed by atoms with van der Waals surface area (Å²) in [5.41, 5.74) is 2.33. The smallest absolute Gasteiger partial charge is 0.376 e. The van der Waals surface area contributed by atoms with Crippen molar-refractivity contribution in [3.05, 3.63) is 28.1 Å². The lowest BCUT2D eigenvalue weighted by atomic mass is 9.86. The molecule has 0 saturated carbocycles. The Bertz CT molecular complexity index is 573. The van der Waals surface area contributed by atoms with Crippen molar-refractivity contribution in [3.8, 4) is 0 Å². The molecule has 0 aliphatic heterocycles. The van der Waals surface area contributed by atoms with E-state index in [1.54, 1.807) is 18.2 Å². The third-order valence-corrected chi connectivity index (χ3v) is 4.62. The van der Waals surface area contributed by atoms with Gasteiger partial charge < -0.3 is 15.2 Å². The molecule has 0 amide bonds. The summed E-state index contributed by atoms with van der Waals surface area (Å²) in [6.07, 6.45) is 0. The molecule has 0 saturated heterocycles. The van der Waals surface area contributed by atoms with Crippen LogP contribution in [0.5, 0.6) is 0 Å². The van der Waals surface area contributed by atoms with Gasteiger partial charge in [0.15, 0.2) is 0 Å². The van der Waals surface area contributed by atoms with Gasteiger partial charge in [0.25, 0.3) is 0 Å². The van der Waals surface area contributed by atoms with E-state index in [9.17, 15) is 5.02 Å². The molecule has 2 aromatic rings. The molecule has 19 heavy (non-hydrogen) atoms. The Morgan fingerprint density at radius 3 is 2.89 bits per heavy atom. The van der Waals surface area contributed by atoms with Crippen LogP contribution in [-0.2, 0) is 0 Å². The van der Waals surface area contributed by atoms with Gasteiger partial charge in [0.05, 0.1) is 10.4 Å². The first kappa shape index (κ1) is 14.7. The Labute approximate surface area is 123 Å². The average Bonchev–Trinajstić information content (AvgIpc) is 2.71. The second-order valence-electron chi connectivity index (χ2n) is 4.79. The summed E-state index contributed by atoms with van der Waals surface area (Å²) in [5.74, 6) is 0. The van der Waals surface area contributed by atoms with Gasteiger partial charge >= 0.3 is 7.05 Å². The summed E-state index contributed by atoms with van der Waals surface area (Å²) in [6, 6.07) is 3.97. The first-order chi connectivity index (χ1) is 8.99. The lowest BCUT2D eigenvalue weighted by Crippen LogP contribution is -2.36. The van der Waals surface area contributed by atoms with Crippen LogP contribution in [0.15, 0.2) is 17.5 Å². The van der Waals surface area contributed by atoms with E-state index in [1.165, 1.54) is 15.6 Å². The van der Waals surface area contributed by atoms with Crippen molar-refractivity contribution >= 4 is 45.8 Å². The van der Waals surface area contributed by atoms with Crippen LogP contribution in [0.1, 0.15) is 5.56 Å². The lowest BCUT2D eigenvalue weighted by molar-refractivity contribution is 0.429. The number of halogens is 1. The van der Waals surface area contributed by atoms with Crippen molar-refractivity contribution in [1.82, 2.24) is 4.81 Å². The molecule has 0 bridgehead atoms. The van der Waals surface area contributed by atoms with Crippen molar-refractivity contribution < 1.29 is 5.02 Å². The first-order valence-electron chi connectivity index (χ1n) is 6.28. The molecule has 0 fully saturated rings. The summed E-state index contributed by atoms with van der Waals surface area (Å²) in [7, 11) is 1.47. The Morgan fingerprint density at radius 2 is 2.21 bits per heavy atom. The lowest BCUT2D eigenvalue weighted by Gasteiger charge is -2.18. The molecule has 0 spiro atoms. The van der Waals surface area contributed by atoms with Gasteiger partial charge in [-0.05, 0) is 49.3 Å². The SMILES string of the molecule is CB(O)N(C)CCNc1cc(Cl)cc2c(C)csc12. The van der Waals surface area contributed by atoms with Crippen molar-refractivity contribution in [3.63, 3.8) is 0 Å². The maximum absolute atomic E-state index is 9.42. The Morgan fingerprint density at radius 1 is 1.47 bits per heavy atom. The fraction of sp³-hybridized carbons (Fsp3) is 0.385. The molecule has 0 unspecified atom stereocenters. The molecule has 102 valence electrons. The third-order valence-electron chi connectivity index (χ3n) is 3.25. The van der Waals surface area contributed by atoms with Gasteiger partial charge in [-0.15, -0.1) is 11.3 Å². The van der Waals surface area contributed by atoms with Crippen LogP contribution < -0.4 is 5.32 Å². The normalized spacial score (nSPS) is 11.3. The second-order valence-corrected chi connectivity index (χ2v) is 6.10. The Kier molecular flexibility index (Phi) is 4.74. The molecular weight excluding hydrogens is 278 g/mol. The largest absolute Gasteiger partial charge is 0.437 e. The van der Waals surface area contributed by atoms with Gasteiger partial charge in [-0.3, -0.25) is 0 Å². The molecule has 1 aromatic heterocycles. The third kappa shape index (κ3) is 3.42. The van der Waals surface area contributed by atoms with Gasteiger partial charge in [-0.2, -0.15) is 0 Å². The van der Waals surface area contributed by atoms with E-state index >= 15 is 0 Å². The number of nitrogens with one attached hydrogen (secondary N) is 1. The quantitative estimate of drug-likeness (QED) is 0.831. The minimum Gasteiger partial charge on any atom is -0.437 e. The zero-order valence-electron chi connectivity index (χ0n) is 11.4. The number of nitrogens with zero attached hydrogens (tertiary/aromatic N) is 1. The number of rotatable bonds is 5. The zero-order chi connectivity index (χ0) is 14.0. The maximum Gasteiger partial charge on any atom is 0.376 e. The molecule has 0 aliphatic rings. The number of hydrogen-bond donors (Lipinski definition) is 2. The predicted octanol–water partition coefficient (Wildman–Crippen LogP) is 3.32. The van der Waals surface area contributed by atoms with Gasteiger partial charge in [0, 0.05) is 18.1 Å². The molecule has 1 heterocycles. The van der Waals surface area contributed by atoms with Crippen LogP contribution in [0.3, 0.4) is 0 Å². The Balaban J connectivity index is 2.12. The van der Waals surface area contributed by atoms with Crippen LogP contribution in [0.25, 0.3) is 10.1 Å². The molecule has 1 aromatic carbocycles. The topological polar surface area (TPSA) is 35.5 Å². The van der Waals surface area contributed by atoms with Gasteiger partial charge in [0.1, 0.15) is 0 Å². The highest BCUT2D eigenvalue weighted by Crippen LogP contribution is 2.34. The number of anilines is 1. The van der Waals surface area contributed by atoms with Crippen molar-refractivity contribution in [2.24, 2.45) is 0 Å². The predicted molar refractivity (Wildman–Crippen MR) is 86.5 cm³/mol. The van der Waals surface area contributed by atoms with E-state index in [0.29, 0.717) is 0 Å². The standard InChI is InChI=1S/C13H18BClN2OS/c1-9-8-19-13-11(9)6-10(15)7-12(13)16-4-5-17(3)14(2)18/h6-8,16,18H,4-5H2,1-3H3. The zero-order valence-corrected chi connectivity index (χ0v) is 13.0. The first-order valence-corrected chi connectivity index (χ1v) is 7.54. The molecule has 0 aliphatic carbocycles. The molecule has 2 N–H and O–H groups in total. The number of fused-ring (bicyclic) bond motifs is 1. The monoisotopic (exact) mass is 296 g/mol. The van der Waals surface area contributed by atoms with E-state index in [2.05, 4.69) is 17.6 Å².